The number of nitrogens with two attached hydrogens (primary N) is 2. The third-order valence-corrected chi connectivity index (χ3v) is 3.61. The van der Waals surface area contributed by atoms with Gasteiger partial charge >= 0.3 is 0 Å². The molecule has 0 radical (unpaired) electrons. The molecule has 0 aliphatic carbocycles. The van der Waals surface area contributed by atoms with Gasteiger partial charge in [-0.1, -0.05) is 26.0 Å². The van der Waals surface area contributed by atoms with Crippen LogP contribution in [0.5, 0.6) is 0 Å². The summed E-state index contributed by atoms with van der Waals surface area (Å²) in [7, 11) is 0. The highest BCUT2D eigenvalue weighted by molar-refractivity contribution is 6.01. The number of rotatable bonds is 4. The third-order valence-electron chi connectivity index (χ3n) is 3.61. The summed E-state index contributed by atoms with van der Waals surface area (Å²) in [5.74, 6) is 0.740. The molecule has 0 atom stereocenters. The summed E-state index contributed by atoms with van der Waals surface area (Å²) in [6.07, 6.45) is 1.11. The van der Waals surface area contributed by atoms with Crippen LogP contribution in [-0.2, 0) is 6.54 Å². The first-order chi connectivity index (χ1) is 8.91. The van der Waals surface area contributed by atoms with Gasteiger partial charge in [0.15, 0.2) is 0 Å². The zero-order valence-electron chi connectivity index (χ0n) is 11.8. The minimum atomic E-state index is 0.0923. The summed E-state index contributed by atoms with van der Waals surface area (Å²) in [5, 5.41) is 8.60. The van der Waals surface area contributed by atoms with Crippen LogP contribution in [0.3, 0.4) is 0 Å². The fourth-order valence-corrected chi connectivity index (χ4v) is 2.35. The first-order valence-corrected chi connectivity index (χ1v) is 6.64. The molecule has 2 rings (SSSR count). The smallest absolute Gasteiger partial charge is 0.122 e. The lowest BCUT2D eigenvalue weighted by molar-refractivity contribution is 0.520. The number of aromatic nitrogens is 1. The molecule has 0 bridgehead atoms. The fraction of sp³-hybridized carbons (Fsp3) is 0.400. The molecular formula is C15H22N4. The molecule has 0 amide bonds. The maximum Gasteiger partial charge on any atom is 0.122 e. The molecule has 5 N–H and O–H groups in total. The Balaban J connectivity index is 2.56. The second kappa shape index (κ2) is 4.96. The van der Waals surface area contributed by atoms with Gasteiger partial charge in [-0.3, -0.25) is 5.41 Å². The second-order valence-electron chi connectivity index (χ2n) is 5.48. The van der Waals surface area contributed by atoms with E-state index in [4.69, 9.17) is 16.9 Å². The number of nitrogens with one attached hydrogen (secondary N) is 1. The van der Waals surface area contributed by atoms with Crippen molar-refractivity contribution >= 4 is 22.4 Å². The van der Waals surface area contributed by atoms with E-state index in [1.807, 2.05) is 25.1 Å². The van der Waals surface area contributed by atoms with Crippen LogP contribution in [0.4, 0.5) is 5.69 Å². The molecule has 2 aromatic rings. The van der Waals surface area contributed by atoms with E-state index in [1.54, 1.807) is 0 Å². The Hall–Kier alpha value is -1.97. The van der Waals surface area contributed by atoms with Crippen molar-refractivity contribution in [3.63, 3.8) is 0 Å². The third kappa shape index (κ3) is 2.43. The van der Waals surface area contributed by atoms with Gasteiger partial charge in [0.05, 0.1) is 11.2 Å². The van der Waals surface area contributed by atoms with E-state index in [0.717, 1.165) is 40.8 Å². The van der Waals surface area contributed by atoms with Gasteiger partial charge < -0.3 is 16.0 Å². The molecule has 0 aliphatic heterocycles. The second-order valence-corrected chi connectivity index (χ2v) is 5.48. The van der Waals surface area contributed by atoms with Crippen LogP contribution in [-0.4, -0.2) is 10.4 Å². The van der Waals surface area contributed by atoms with Crippen LogP contribution in [0, 0.1) is 18.3 Å². The highest BCUT2D eigenvalue weighted by Crippen LogP contribution is 2.29. The van der Waals surface area contributed by atoms with Gasteiger partial charge in [0.2, 0.25) is 0 Å². The number of amidine groups is 1. The summed E-state index contributed by atoms with van der Waals surface area (Å²) in [5.41, 5.74) is 15.5. The van der Waals surface area contributed by atoms with Gasteiger partial charge in [0.1, 0.15) is 5.84 Å². The number of hydrogen-bond donors (Lipinski definition) is 3. The molecule has 19 heavy (non-hydrogen) atoms. The average molecular weight is 258 g/mol. The Morgan fingerprint density at radius 1 is 1.37 bits per heavy atom. The van der Waals surface area contributed by atoms with Crippen molar-refractivity contribution in [1.82, 2.24) is 4.57 Å². The van der Waals surface area contributed by atoms with Crippen LogP contribution in [0.1, 0.15) is 31.5 Å². The maximum atomic E-state index is 7.55. The van der Waals surface area contributed by atoms with Gasteiger partial charge in [-0.25, -0.2) is 0 Å². The monoisotopic (exact) mass is 258 g/mol. The van der Waals surface area contributed by atoms with E-state index < -0.39 is 0 Å². The Morgan fingerprint density at radius 2 is 2.05 bits per heavy atom. The molecule has 0 fully saturated rings. The molecule has 1 heterocycles. The zero-order chi connectivity index (χ0) is 14.2. The molecule has 102 valence electrons. The van der Waals surface area contributed by atoms with E-state index in [9.17, 15) is 0 Å². The summed E-state index contributed by atoms with van der Waals surface area (Å²) in [4.78, 5) is 0. The van der Waals surface area contributed by atoms with Crippen LogP contribution in [0.25, 0.3) is 10.9 Å². The zero-order valence-corrected chi connectivity index (χ0v) is 11.8. The molecule has 0 unspecified atom stereocenters. The maximum absolute atomic E-state index is 7.55. The molecule has 0 saturated carbocycles. The largest absolute Gasteiger partial charge is 0.397 e. The number of benzene rings is 1. The van der Waals surface area contributed by atoms with Crippen molar-refractivity contribution in [2.24, 2.45) is 11.7 Å². The normalized spacial score (nSPS) is 11.4. The predicted octanol–water partition coefficient (Wildman–Crippen LogP) is 2.86. The van der Waals surface area contributed by atoms with Crippen molar-refractivity contribution in [3.8, 4) is 0 Å². The summed E-state index contributed by atoms with van der Waals surface area (Å²) >= 11 is 0. The Morgan fingerprint density at radius 3 is 2.63 bits per heavy atom. The molecule has 1 aromatic carbocycles. The van der Waals surface area contributed by atoms with E-state index in [-0.39, 0.29) is 5.84 Å². The SMILES string of the molecule is Cc1c(N)c2ccc(C(=N)N)cc2n1CCC(C)C. The quantitative estimate of drug-likeness (QED) is 0.582. The van der Waals surface area contributed by atoms with Gasteiger partial charge in [-0.05, 0) is 25.3 Å². The molecule has 0 spiro atoms. The predicted molar refractivity (Wildman–Crippen MR) is 81.6 cm³/mol. The lowest BCUT2D eigenvalue weighted by Gasteiger charge is -2.10. The van der Waals surface area contributed by atoms with Crippen LogP contribution >= 0.6 is 0 Å². The van der Waals surface area contributed by atoms with E-state index in [2.05, 4.69) is 18.4 Å². The molecule has 0 aliphatic rings. The van der Waals surface area contributed by atoms with Crippen LogP contribution in [0.15, 0.2) is 18.2 Å². The molecule has 0 saturated heterocycles. The highest BCUT2D eigenvalue weighted by atomic mass is 15.0. The van der Waals surface area contributed by atoms with Crippen molar-refractivity contribution in [1.29, 1.82) is 5.41 Å². The van der Waals surface area contributed by atoms with Crippen LogP contribution in [0.2, 0.25) is 0 Å². The van der Waals surface area contributed by atoms with Crippen LogP contribution < -0.4 is 11.5 Å². The Kier molecular flexibility index (Phi) is 3.51. The standard InChI is InChI=1S/C15H22N4/c1-9(2)6-7-19-10(3)14(16)12-5-4-11(15(17)18)8-13(12)19/h4-5,8-9H,6-7,16H2,1-3H3,(H3,17,18). The Labute approximate surface area is 113 Å². The van der Waals surface area contributed by atoms with E-state index in [1.165, 1.54) is 0 Å². The minimum Gasteiger partial charge on any atom is -0.397 e. The summed E-state index contributed by atoms with van der Waals surface area (Å²) < 4.78 is 2.23. The first-order valence-electron chi connectivity index (χ1n) is 6.64. The van der Waals surface area contributed by atoms with Crippen molar-refractivity contribution < 1.29 is 0 Å². The highest BCUT2D eigenvalue weighted by Gasteiger charge is 2.13. The number of fused-ring (bicyclic) bond motifs is 1. The van der Waals surface area contributed by atoms with Gasteiger partial charge in [0.25, 0.3) is 0 Å². The number of anilines is 1. The fourth-order valence-electron chi connectivity index (χ4n) is 2.35. The van der Waals surface area contributed by atoms with Gasteiger partial charge in [0, 0.05) is 23.2 Å². The van der Waals surface area contributed by atoms with E-state index in [0.29, 0.717) is 5.92 Å². The van der Waals surface area contributed by atoms with Crippen molar-refractivity contribution in [2.45, 2.75) is 33.7 Å². The van der Waals surface area contributed by atoms with E-state index >= 15 is 0 Å². The summed E-state index contributed by atoms with van der Waals surface area (Å²) in [6.45, 7) is 7.42. The molecule has 1 aromatic heterocycles. The number of nitrogens with zero attached hydrogens (tertiary/aromatic N) is 1. The average Bonchev–Trinajstić information content (AvgIpc) is 2.59. The number of hydrogen-bond acceptors (Lipinski definition) is 2. The number of aryl methyl sites for hydroxylation is 1. The topological polar surface area (TPSA) is 80.8 Å². The molecule has 4 heteroatoms. The molecule has 4 nitrogen and oxygen atoms in total. The van der Waals surface area contributed by atoms with Crippen molar-refractivity contribution in [3.05, 3.63) is 29.5 Å². The Bertz CT molecular complexity index is 623. The summed E-state index contributed by atoms with van der Waals surface area (Å²) in [6, 6.07) is 5.77. The lowest BCUT2D eigenvalue weighted by atomic mass is 10.1. The first kappa shape index (κ1) is 13.5. The lowest BCUT2D eigenvalue weighted by Crippen LogP contribution is -2.11. The van der Waals surface area contributed by atoms with Gasteiger partial charge in [-0.2, -0.15) is 0 Å². The number of nitrogen functional groups attached to an aromatic ring is 2. The minimum absolute atomic E-state index is 0.0923. The van der Waals surface area contributed by atoms with Gasteiger partial charge in [-0.15, -0.1) is 0 Å². The van der Waals surface area contributed by atoms with Crippen molar-refractivity contribution in [2.75, 3.05) is 5.73 Å². The molecular weight excluding hydrogens is 236 g/mol.